The number of hydrogen-bond donors (Lipinski definition) is 1. The molecule has 2 heteroatoms. The van der Waals surface area contributed by atoms with E-state index in [1.54, 1.807) is 0 Å². The minimum Gasteiger partial charge on any atom is -0.396 e. The molecular formula is C16H25NO. The molecule has 0 radical (unpaired) electrons. The third-order valence-corrected chi connectivity index (χ3v) is 4.23. The van der Waals surface area contributed by atoms with Crippen LogP contribution < -0.4 is 0 Å². The molecule has 1 aromatic rings. The average Bonchev–Trinajstić information content (AvgIpc) is 2.82. The fourth-order valence-electron chi connectivity index (χ4n) is 3.22. The second-order valence-electron chi connectivity index (χ2n) is 5.64. The smallest absolute Gasteiger partial charge is 0.0477 e. The molecule has 1 aliphatic carbocycles. The molecule has 0 saturated heterocycles. The lowest BCUT2D eigenvalue weighted by Gasteiger charge is -2.31. The Morgan fingerprint density at radius 3 is 2.56 bits per heavy atom. The van der Waals surface area contributed by atoms with Gasteiger partial charge in [-0.15, -0.1) is 0 Å². The van der Waals surface area contributed by atoms with Gasteiger partial charge in [-0.05, 0) is 56.5 Å². The molecule has 0 aromatic heterocycles. The topological polar surface area (TPSA) is 23.5 Å². The van der Waals surface area contributed by atoms with Gasteiger partial charge in [0.15, 0.2) is 0 Å². The largest absolute Gasteiger partial charge is 0.396 e. The summed E-state index contributed by atoms with van der Waals surface area (Å²) in [5, 5.41) is 9.57. The quantitative estimate of drug-likeness (QED) is 0.865. The maximum absolute atomic E-state index is 9.57. The van der Waals surface area contributed by atoms with Crippen LogP contribution in [0.15, 0.2) is 18.2 Å². The first-order chi connectivity index (χ1) is 8.67. The van der Waals surface area contributed by atoms with E-state index in [1.807, 2.05) is 0 Å². The van der Waals surface area contributed by atoms with Crippen molar-refractivity contribution in [2.75, 3.05) is 20.7 Å². The third-order valence-electron chi connectivity index (χ3n) is 4.23. The van der Waals surface area contributed by atoms with E-state index in [0.717, 1.165) is 6.42 Å². The second-order valence-corrected chi connectivity index (χ2v) is 5.64. The van der Waals surface area contributed by atoms with E-state index in [4.69, 9.17) is 0 Å². The number of hydrogen-bond acceptors (Lipinski definition) is 2. The van der Waals surface area contributed by atoms with Crippen LogP contribution in [0.1, 0.15) is 42.5 Å². The van der Waals surface area contributed by atoms with Crippen LogP contribution in [0.5, 0.6) is 0 Å². The highest BCUT2D eigenvalue weighted by Crippen LogP contribution is 2.32. The van der Waals surface area contributed by atoms with Crippen molar-refractivity contribution in [3.8, 4) is 0 Å². The molecule has 100 valence electrons. The van der Waals surface area contributed by atoms with E-state index in [-0.39, 0.29) is 6.61 Å². The van der Waals surface area contributed by atoms with Crippen molar-refractivity contribution >= 4 is 0 Å². The van der Waals surface area contributed by atoms with Crippen molar-refractivity contribution in [1.82, 2.24) is 4.90 Å². The van der Waals surface area contributed by atoms with Crippen molar-refractivity contribution in [2.45, 2.75) is 38.6 Å². The molecule has 1 aromatic carbocycles. The summed E-state index contributed by atoms with van der Waals surface area (Å²) < 4.78 is 0. The summed E-state index contributed by atoms with van der Waals surface area (Å²) in [6, 6.07) is 7.24. The lowest BCUT2D eigenvalue weighted by atomic mass is 9.89. The zero-order valence-corrected chi connectivity index (χ0v) is 11.8. The summed E-state index contributed by atoms with van der Waals surface area (Å²) >= 11 is 0. The number of aliphatic hydroxyl groups excluding tert-OH is 1. The molecule has 0 spiro atoms. The Labute approximate surface area is 111 Å². The average molecular weight is 247 g/mol. The summed E-state index contributed by atoms with van der Waals surface area (Å²) in [4.78, 5) is 2.24. The molecule has 0 fully saturated rings. The lowest BCUT2D eigenvalue weighted by molar-refractivity contribution is 0.130. The summed E-state index contributed by atoms with van der Waals surface area (Å²) in [7, 11) is 4.21. The fraction of sp³-hybridized carbons (Fsp3) is 0.625. The Balaban J connectivity index is 2.31. The highest BCUT2D eigenvalue weighted by Gasteiger charge is 2.24. The van der Waals surface area contributed by atoms with Crippen molar-refractivity contribution in [2.24, 2.45) is 5.92 Å². The van der Waals surface area contributed by atoms with Crippen LogP contribution in [0.4, 0.5) is 0 Å². The zero-order valence-electron chi connectivity index (χ0n) is 11.8. The first kappa shape index (κ1) is 13.6. The van der Waals surface area contributed by atoms with Crippen LogP contribution in [0.2, 0.25) is 0 Å². The molecule has 2 atom stereocenters. The zero-order chi connectivity index (χ0) is 13.1. The van der Waals surface area contributed by atoms with Crippen molar-refractivity contribution in [1.29, 1.82) is 0 Å². The van der Waals surface area contributed by atoms with E-state index in [1.165, 1.54) is 36.0 Å². The normalized spacial score (nSPS) is 17.8. The van der Waals surface area contributed by atoms with Gasteiger partial charge in [-0.3, -0.25) is 0 Å². The molecule has 2 unspecified atom stereocenters. The Kier molecular flexibility index (Phi) is 4.41. The maximum atomic E-state index is 9.57. The number of fused-ring (bicyclic) bond motifs is 1. The number of rotatable bonds is 5. The van der Waals surface area contributed by atoms with Gasteiger partial charge in [0, 0.05) is 18.6 Å². The van der Waals surface area contributed by atoms with Crippen molar-refractivity contribution in [3.05, 3.63) is 34.9 Å². The van der Waals surface area contributed by atoms with Gasteiger partial charge in [-0.1, -0.05) is 25.1 Å². The van der Waals surface area contributed by atoms with Crippen LogP contribution >= 0.6 is 0 Å². The van der Waals surface area contributed by atoms with Gasteiger partial charge in [0.2, 0.25) is 0 Å². The monoisotopic (exact) mass is 247 g/mol. The molecule has 1 N–H and O–H groups in total. The first-order valence-electron chi connectivity index (χ1n) is 7.06. The molecule has 1 aliphatic rings. The minimum absolute atomic E-state index is 0.260. The van der Waals surface area contributed by atoms with Crippen LogP contribution in [0, 0.1) is 5.92 Å². The van der Waals surface area contributed by atoms with E-state index < -0.39 is 0 Å². The summed E-state index contributed by atoms with van der Waals surface area (Å²) in [5.41, 5.74) is 4.40. The highest BCUT2D eigenvalue weighted by atomic mass is 16.3. The number of aliphatic hydroxyl groups is 1. The van der Waals surface area contributed by atoms with Crippen LogP contribution in [-0.4, -0.2) is 30.7 Å². The van der Waals surface area contributed by atoms with Gasteiger partial charge in [-0.2, -0.15) is 0 Å². The fourth-order valence-corrected chi connectivity index (χ4v) is 3.22. The Morgan fingerprint density at radius 2 is 1.94 bits per heavy atom. The standard InChI is InChI=1S/C16H25NO/c1-4-12(11-18)16(17(2)3)15-9-8-13-6-5-7-14(13)10-15/h8-10,12,16,18H,4-7,11H2,1-3H3. The number of aryl methyl sites for hydroxylation is 2. The summed E-state index contributed by atoms with van der Waals surface area (Å²) in [6.45, 7) is 2.42. The maximum Gasteiger partial charge on any atom is 0.0477 e. The molecule has 2 nitrogen and oxygen atoms in total. The molecule has 18 heavy (non-hydrogen) atoms. The molecule has 0 bridgehead atoms. The van der Waals surface area contributed by atoms with E-state index in [2.05, 4.69) is 44.1 Å². The summed E-state index contributed by atoms with van der Waals surface area (Å²) in [5.74, 6) is 0.319. The molecule has 0 aliphatic heterocycles. The minimum atomic E-state index is 0.260. The van der Waals surface area contributed by atoms with Gasteiger partial charge < -0.3 is 10.0 Å². The number of nitrogens with zero attached hydrogens (tertiary/aromatic N) is 1. The SMILES string of the molecule is CCC(CO)C(c1ccc2c(c1)CCC2)N(C)C. The van der Waals surface area contributed by atoms with Gasteiger partial charge in [-0.25, -0.2) is 0 Å². The van der Waals surface area contributed by atoms with E-state index in [9.17, 15) is 5.11 Å². The Bertz CT molecular complexity index is 396. The van der Waals surface area contributed by atoms with Crippen LogP contribution in [-0.2, 0) is 12.8 Å². The second kappa shape index (κ2) is 5.85. The van der Waals surface area contributed by atoms with E-state index in [0.29, 0.717) is 12.0 Å². The lowest BCUT2D eigenvalue weighted by Crippen LogP contribution is -2.29. The molecule has 0 saturated carbocycles. The third kappa shape index (κ3) is 2.60. The van der Waals surface area contributed by atoms with Crippen LogP contribution in [0.25, 0.3) is 0 Å². The predicted molar refractivity (Wildman–Crippen MR) is 75.8 cm³/mol. The summed E-state index contributed by atoms with van der Waals surface area (Å²) in [6.07, 6.45) is 4.76. The van der Waals surface area contributed by atoms with Crippen molar-refractivity contribution in [3.63, 3.8) is 0 Å². The first-order valence-corrected chi connectivity index (χ1v) is 7.06. The molecule has 0 heterocycles. The highest BCUT2D eigenvalue weighted by molar-refractivity contribution is 5.36. The molecule has 2 rings (SSSR count). The Morgan fingerprint density at radius 1 is 1.22 bits per heavy atom. The van der Waals surface area contributed by atoms with Gasteiger partial charge in [0.25, 0.3) is 0 Å². The van der Waals surface area contributed by atoms with Gasteiger partial charge in [0.05, 0.1) is 0 Å². The predicted octanol–water partition coefficient (Wildman–Crippen LogP) is 2.80. The van der Waals surface area contributed by atoms with E-state index >= 15 is 0 Å². The van der Waals surface area contributed by atoms with Gasteiger partial charge in [0.1, 0.15) is 0 Å². The van der Waals surface area contributed by atoms with Gasteiger partial charge >= 0.3 is 0 Å². The van der Waals surface area contributed by atoms with Crippen LogP contribution in [0.3, 0.4) is 0 Å². The number of benzene rings is 1. The Hall–Kier alpha value is -0.860. The van der Waals surface area contributed by atoms with Crippen molar-refractivity contribution < 1.29 is 5.11 Å². The molecular weight excluding hydrogens is 222 g/mol. The molecule has 0 amide bonds.